The minimum atomic E-state index is -0.556. The highest BCUT2D eigenvalue weighted by atomic mass is 35.5. The Morgan fingerprint density at radius 3 is 2.69 bits per heavy atom. The van der Waals surface area contributed by atoms with Gasteiger partial charge in [-0.1, -0.05) is 18.2 Å². The molecular formula is C10H10ClFO. The number of benzene rings is 1. The van der Waals surface area contributed by atoms with Crippen LogP contribution in [0.5, 0.6) is 0 Å². The van der Waals surface area contributed by atoms with Crippen molar-refractivity contribution in [3.05, 3.63) is 35.6 Å². The summed E-state index contributed by atoms with van der Waals surface area (Å²) in [6.45, 7) is 1.59. The summed E-state index contributed by atoms with van der Waals surface area (Å²) in [6.07, 6.45) is 0.0668. The quantitative estimate of drug-likeness (QED) is 0.686. The number of rotatable bonds is 3. The molecule has 0 bridgehead atoms. The van der Waals surface area contributed by atoms with E-state index in [2.05, 4.69) is 0 Å². The Morgan fingerprint density at radius 2 is 2.15 bits per heavy atom. The van der Waals surface area contributed by atoms with Gasteiger partial charge in [-0.2, -0.15) is 0 Å². The van der Waals surface area contributed by atoms with Gasteiger partial charge in [0.15, 0.2) is 5.78 Å². The first-order chi connectivity index (χ1) is 6.11. The van der Waals surface area contributed by atoms with Gasteiger partial charge in [-0.05, 0) is 18.6 Å². The summed E-state index contributed by atoms with van der Waals surface area (Å²) >= 11 is 5.56. The standard InChI is InChI=1S/C10H10ClFO/c1-7(11)10(13)6-8-4-2-3-5-9(8)12/h2-5,7H,6H2,1H3. The van der Waals surface area contributed by atoms with Crippen molar-refractivity contribution < 1.29 is 9.18 Å². The molecule has 0 N–H and O–H groups in total. The van der Waals surface area contributed by atoms with E-state index in [9.17, 15) is 9.18 Å². The van der Waals surface area contributed by atoms with Gasteiger partial charge in [-0.25, -0.2) is 4.39 Å². The molecule has 0 aliphatic carbocycles. The maximum absolute atomic E-state index is 13.0. The Labute approximate surface area is 81.5 Å². The molecule has 0 amide bonds. The fraction of sp³-hybridized carbons (Fsp3) is 0.300. The van der Waals surface area contributed by atoms with Crippen LogP contribution in [0.1, 0.15) is 12.5 Å². The van der Waals surface area contributed by atoms with Gasteiger partial charge in [0.25, 0.3) is 0 Å². The number of carbonyl (C=O) groups excluding carboxylic acids is 1. The van der Waals surface area contributed by atoms with Crippen molar-refractivity contribution in [2.24, 2.45) is 0 Å². The van der Waals surface area contributed by atoms with Crippen LogP contribution < -0.4 is 0 Å². The molecular weight excluding hydrogens is 191 g/mol. The predicted octanol–water partition coefficient (Wildman–Crippen LogP) is 2.56. The number of hydrogen-bond acceptors (Lipinski definition) is 1. The van der Waals surface area contributed by atoms with Crippen LogP contribution in [-0.2, 0) is 11.2 Å². The van der Waals surface area contributed by atoms with Gasteiger partial charge in [0.2, 0.25) is 0 Å². The van der Waals surface area contributed by atoms with Crippen molar-refractivity contribution in [1.82, 2.24) is 0 Å². The Kier molecular flexibility index (Phi) is 3.43. The summed E-state index contributed by atoms with van der Waals surface area (Å²) < 4.78 is 13.0. The van der Waals surface area contributed by atoms with E-state index in [1.54, 1.807) is 25.1 Å². The van der Waals surface area contributed by atoms with Crippen LogP contribution >= 0.6 is 11.6 Å². The van der Waals surface area contributed by atoms with Gasteiger partial charge in [-0.3, -0.25) is 4.79 Å². The molecule has 1 unspecified atom stereocenters. The van der Waals surface area contributed by atoms with E-state index in [4.69, 9.17) is 11.6 Å². The van der Waals surface area contributed by atoms with Crippen molar-refractivity contribution in [3.8, 4) is 0 Å². The molecule has 0 aliphatic heterocycles. The molecule has 1 rings (SSSR count). The fourth-order valence-electron chi connectivity index (χ4n) is 0.970. The summed E-state index contributed by atoms with van der Waals surface area (Å²) in [6, 6.07) is 6.21. The Bertz CT molecular complexity index is 310. The van der Waals surface area contributed by atoms with Crippen molar-refractivity contribution >= 4 is 17.4 Å². The number of alkyl halides is 1. The number of halogens is 2. The molecule has 70 valence electrons. The van der Waals surface area contributed by atoms with E-state index in [1.807, 2.05) is 0 Å². The molecule has 0 radical (unpaired) electrons. The number of Topliss-reactive ketones (excluding diaryl/α,β-unsaturated/α-hetero) is 1. The van der Waals surface area contributed by atoms with Crippen LogP contribution in [0.3, 0.4) is 0 Å². The SMILES string of the molecule is CC(Cl)C(=O)Cc1ccccc1F. The largest absolute Gasteiger partial charge is 0.298 e. The third-order valence-electron chi connectivity index (χ3n) is 1.77. The van der Waals surface area contributed by atoms with E-state index in [0.717, 1.165) is 0 Å². The van der Waals surface area contributed by atoms with Crippen molar-refractivity contribution in [3.63, 3.8) is 0 Å². The Hall–Kier alpha value is -0.890. The van der Waals surface area contributed by atoms with Crippen LogP contribution in [0.15, 0.2) is 24.3 Å². The monoisotopic (exact) mass is 200 g/mol. The zero-order valence-electron chi connectivity index (χ0n) is 7.26. The first-order valence-electron chi connectivity index (χ1n) is 4.01. The van der Waals surface area contributed by atoms with Crippen molar-refractivity contribution in [1.29, 1.82) is 0 Å². The molecule has 1 atom stereocenters. The van der Waals surface area contributed by atoms with Crippen molar-refractivity contribution in [2.75, 3.05) is 0 Å². The zero-order chi connectivity index (χ0) is 9.84. The first-order valence-corrected chi connectivity index (χ1v) is 4.45. The lowest BCUT2D eigenvalue weighted by Gasteiger charge is -2.03. The number of hydrogen-bond donors (Lipinski definition) is 0. The first kappa shape index (κ1) is 10.2. The van der Waals surface area contributed by atoms with Crippen LogP contribution in [0.25, 0.3) is 0 Å². The highest BCUT2D eigenvalue weighted by Gasteiger charge is 2.12. The average Bonchev–Trinajstić information content (AvgIpc) is 2.08. The number of ketones is 1. The zero-order valence-corrected chi connectivity index (χ0v) is 8.01. The summed E-state index contributed by atoms with van der Waals surface area (Å²) in [5.74, 6) is -0.514. The lowest BCUT2D eigenvalue weighted by atomic mass is 10.1. The highest BCUT2D eigenvalue weighted by Crippen LogP contribution is 2.09. The topological polar surface area (TPSA) is 17.1 Å². The fourth-order valence-corrected chi connectivity index (χ4v) is 1.05. The normalized spacial score (nSPS) is 12.5. The lowest BCUT2D eigenvalue weighted by molar-refractivity contribution is -0.117. The molecule has 0 aliphatic rings. The number of carbonyl (C=O) groups is 1. The summed E-state index contributed by atoms with van der Waals surface area (Å²) in [5.41, 5.74) is 0.403. The lowest BCUT2D eigenvalue weighted by Crippen LogP contribution is -2.13. The second-order valence-electron chi connectivity index (χ2n) is 2.85. The molecule has 1 aromatic rings. The van der Waals surface area contributed by atoms with E-state index in [0.29, 0.717) is 5.56 Å². The van der Waals surface area contributed by atoms with E-state index in [1.165, 1.54) is 6.07 Å². The molecule has 0 saturated carbocycles. The average molecular weight is 201 g/mol. The minimum Gasteiger partial charge on any atom is -0.298 e. The Morgan fingerprint density at radius 1 is 1.54 bits per heavy atom. The molecule has 0 aromatic heterocycles. The van der Waals surface area contributed by atoms with E-state index >= 15 is 0 Å². The molecule has 1 aromatic carbocycles. The summed E-state index contributed by atoms with van der Waals surface area (Å²) in [7, 11) is 0. The second-order valence-corrected chi connectivity index (χ2v) is 3.51. The third-order valence-corrected chi connectivity index (χ3v) is 2.01. The summed E-state index contributed by atoms with van der Waals surface area (Å²) in [4.78, 5) is 11.2. The molecule has 0 saturated heterocycles. The summed E-state index contributed by atoms with van der Waals surface area (Å²) in [5, 5.41) is -0.556. The van der Waals surface area contributed by atoms with Crippen LogP contribution in [0.2, 0.25) is 0 Å². The maximum atomic E-state index is 13.0. The second kappa shape index (κ2) is 4.38. The van der Waals surface area contributed by atoms with Gasteiger partial charge in [-0.15, -0.1) is 11.6 Å². The Balaban J connectivity index is 2.75. The molecule has 0 spiro atoms. The third kappa shape index (κ3) is 2.81. The predicted molar refractivity (Wildman–Crippen MR) is 50.4 cm³/mol. The van der Waals surface area contributed by atoms with Gasteiger partial charge < -0.3 is 0 Å². The van der Waals surface area contributed by atoms with Gasteiger partial charge in [0.1, 0.15) is 5.82 Å². The van der Waals surface area contributed by atoms with Crippen LogP contribution in [-0.4, -0.2) is 11.2 Å². The van der Waals surface area contributed by atoms with Crippen molar-refractivity contribution in [2.45, 2.75) is 18.7 Å². The maximum Gasteiger partial charge on any atom is 0.154 e. The molecule has 0 heterocycles. The van der Waals surface area contributed by atoms with Gasteiger partial charge >= 0.3 is 0 Å². The minimum absolute atomic E-state index is 0.0668. The van der Waals surface area contributed by atoms with E-state index < -0.39 is 5.38 Å². The molecule has 13 heavy (non-hydrogen) atoms. The van der Waals surface area contributed by atoms with Gasteiger partial charge in [0, 0.05) is 6.42 Å². The van der Waals surface area contributed by atoms with Gasteiger partial charge in [0.05, 0.1) is 5.38 Å². The molecule has 3 heteroatoms. The highest BCUT2D eigenvalue weighted by molar-refractivity contribution is 6.30. The smallest absolute Gasteiger partial charge is 0.154 e. The van der Waals surface area contributed by atoms with Crippen LogP contribution in [0.4, 0.5) is 4.39 Å². The molecule has 0 fully saturated rings. The van der Waals surface area contributed by atoms with E-state index in [-0.39, 0.29) is 18.0 Å². The van der Waals surface area contributed by atoms with Crippen LogP contribution in [0, 0.1) is 5.82 Å². The molecule has 1 nitrogen and oxygen atoms in total.